The first-order valence-electron chi connectivity index (χ1n) is 9.71. The van der Waals surface area contributed by atoms with Crippen molar-refractivity contribution in [2.24, 2.45) is 0 Å². The second kappa shape index (κ2) is 8.58. The highest BCUT2D eigenvalue weighted by Crippen LogP contribution is 2.36. The summed E-state index contributed by atoms with van der Waals surface area (Å²) in [6, 6.07) is 13.5. The molecule has 160 valence electrons. The lowest BCUT2D eigenvalue weighted by Crippen LogP contribution is -2.54. The first-order chi connectivity index (χ1) is 14.4. The fraction of sp³-hybridized carbons (Fsp3) is 0.333. The molecular weight excluding hydrogens is 438 g/mol. The number of hydrogen-bond acceptors (Lipinski definition) is 7. The normalized spacial score (nSPS) is 19.6. The number of piperazine rings is 1. The van der Waals surface area contributed by atoms with Gasteiger partial charge in [0.25, 0.3) is 10.0 Å². The van der Waals surface area contributed by atoms with Crippen LogP contribution in [0.4, 0.5) is 11.4 Å². The van der Waals surface area contributed by atoms with Gasteiger partial charge in [-0.2, -0.15) is 0 Å². The van der Waals surface area contributed by atoms with Crippen LogP contribution in [0.2, 0.25) is 0 Å². The third kappa shape index (κ3) is 4.49. The summed E-state index contributed by atoms with van der Waals surface area (Å²) >= 11 is 2.87. The molecule has 2 aromatic heterocycles. The van der Waals surface area contributed by atoms with Gasteiger partial charge in [-0.05, 0) is 55.6 Å². The molecule has 6 nitrogen and oxygen atoms in total. The van der Waals surface area contributed by atoms with Gasteiger partial charge in [-0.25, -0.2) is 8.42 Å². The zero-order valence-corrected chi connectivity index (χ0v) is 19.5. The van der Waals surface area contributed by atoms with E-state index in [-0.39, 0.29) is 0 Å². The molecule has 0 unspecified atom stereocenters. The van der Waals surface area contributed by atoms with Crippen molar-refractivity contribution in [3.05, 3.63) is 47.8 Å². The summed E-state index contributed by atoms with van der Waals surface area (Å²) in [5.41, 5.74) is 1.42. The van der Waals surface area contributed by atoms with Gasteiger partial charge in [0.1, 0.15) is 9.96 Å². The van der Waals surface area contributed by atoms with Gasteiger partial charge in [0, 0.05) is 34.9 Å². The molecule has 3 aromatic rings. The molecule has 2 atom stereocenters. The zero-order chi connectivity index (χ0) is 21.3. The zero-order valence-electron chi connectivity index (χ0n) is 17.1. The quantitative estimate of drug-likeness (QED) is 0.564. The van der Waals surface area contributed by atoms with Crippen LogP contribution in [-0.4, -0.2) is 40.7 Å². The average Bonchev–Trinajstić information content (AvgIpc) is 3.39. The van der Waals surface area contributed by atoms with E-state index in [9.17, 15) is 8.42 Å². The van der Waals surface area contributed by atoms with Crippen LogP contribution in [-0.2, 0) is 10.0 Å². The van der Waals surface area contributed by atoms with Gasteiger partial charge in [-0.1, -0.05) is 6.07 Å². The molecule has 0 saturated carbocycles. The first kappa shape index (κ1) is 21.2. The predicted octanol–water partition coefficient (Wildman–Crippen LogP) is 4.47. The number of nitrogens with one attached hydrogen (secondary N) is 2. The Morgan fingerprint density at radius 3 is 2.53 bits per heavy atom. The Morgan fingerprint density at radius 2 is 1.87 bits per heavy atom. The van der Waals surface area contributed by atoms with E-state index in [1.807, 2.05) is 35.7 Å². The van der Waals surface area contributed by atoms with E-state index >= 15 is 0 Å². The molecule has 1 aromatic carbocycles. The molecule has 0 amide bonds. The molecule has 0 bridgehead atoms. The van der Waals surface area contributed by atoms with Gasteiger partial charge in [0.05, 0.1) is 18.5 Å². The maximum atomic E-state index is 13.0. The van der Waals surface area contributed by atoms with Crippen molar-refractivity contribution >= 4 is 44.1 Å². The highest BCUT2D eigenvalue weighted by atomic mass is 32.2. The van der Waals surface area contributed by atoms with Crippen molar-refractivity contribution in [2.75, 3.05) is 29.8 Å². The predicted molar refractivity (Wildman–Crippen MR) is 126 cm³/mol. The van der Waals surface area contributed by atoms with E-state index in [1.165, 1.54) is 11.3 Å². The Bertz CT molecular complexity index is 1100. The van der Waals surface area contributed by atoms with E-state index in [0.29, 0.717) is 22.0 Å². The summed E-state index contributed by atoms with van der Waals surface area (Å²) < 4.78 is 34.5. The molecule has 1 aliphatic heterocycles. The van der Waals surface area contributed by atoms with Crippen LogP contribution < -0.4 is 19.7 Å². The Balaban J connectivity index is 1.60. The SMILES string of the molecule is COc1ccc(NS(=O)(=O)c2ccc(-c3cccs3)s2)cc1N1C[C@@H](C)N[C@@H](C)C1. The third-order valence-corrected chi connectivity index (χ3v) is 8.96. The smallest absolute Gasteiger partial charge is 0.271 e. The van der Waals surface area contributed by atoms with E-state index in [2.05, 4.69) is 28.8 Å². The van der Waals surface area contributed by atoms with Crippen LogP contribution in [0, 0.1) is 0 Å². The topological polar surface area (TPSA) is 70.7 Å². The number of anilines is 2. The summed E-state index contributed by atoms with van der Waals surface area (Å²) in [7, 11) is -2.04. The van der Waals surface area contributed by atoms with E-state index in [0.717, 1.165) is 34.3 Å². The third-order valence-electron chi connectivity index (χ3n) is 4.94. The van der Waals surface area contributed by atoms with Crippen molar-refractivity contribution in [1.29, 1.82) is 0 Å². The van der Waals surface area contributed by atoms with Gasteiger partial charge < -0.3 is 15.0 Å². The van der Waals surface area contributed by atoms with Crippen LogP contribution >= 0.6 is 22.7 Å². The molecule has 1 saturated heterocycles. The number of rotatable bonds is 6. The molecule has 3 heterocycles. The Labute approximate surface area is 185 Å². The maximum Gasteiger partial charge on any atom is 0.271 e. The second-order valence-corrected chi connectivity index (χ2v) is 11.4. The minimum absolute atomic E-state index is 0.299. The fourth-order valence-electron chi connectivity index (χ4n) is 3.75. The average molecular weight is 464 g/mol. The van der Waals surface area contributed by atoms with Crippen LogP contribution in [0.25, 0.3) is 9.75 Å². The summed E-state index contributed by atoms with van der Waals surface area (Å²) in [5, 5.41) is 5.50. The monoisotopic (exact) mass is 463 g/mol. The molecule has 0 spiro atoms. The van der Waals surface area contributed by atoms with Crippen molar-refractivity contribution in [1.82, 2.24) is 5.32 Å². The molecule has 0 aliphatic carbocycles. The molecule has 1 fully saturated rings. The van der Waals surface area contributed by atoms with Crippen molar-refractivity contribution < 1.29 is 13.2 Å². The van der Waals surface area contributed by atoms with E-state index in [1.54, 1.807) is 30.6 Å². The van der Waals surface area contributed by atoms with Gasteiger partial charge in [0.2, 0.25) is 0 Å². The molecule has 9 heteroatoms. The summed E-state index contributed by atoms with van der Waals surface area (Å²) in [6.07, 6.45) is 0. The summed E-state index contributed by atoms with van der Waals surface area (Å²) in [6.45, 7) is 5.94. The summed E-state index contributed by atoms with van der Waals surface area (Å²) in [5.74, 6) is 0.732. The van der Waals surface area contributed by atoms with E-state index < -0.39 is 10.0 Å². The lowest BCUT2D eigenvalue weighted by molar-refractivity contribution is 0.391. The Morgan fingerprint density at radius 1 is 1.10 bits per heavy atom. The number of methoxy groups -OCH3 is 1. The molecule has 30 heavy (non-hydrogen) atoms. The number of hydrogen-bond donors (Lipinski definition) is 2. The molecule has 4 rings (SSSR count). The minimum Gasteiger partial charge on any atom is -0.495 e. The van der Waals surface area contributed by atoms with Crippen molar-refractivity contribution in [3.63, 3.8) is 0 Å². The van der Waals surface area contributed by atoms with Crippen LogP contribution in [0.5, 0.6) is 5.75 Å². The Kier molecular flexibility index (Phi) is 6.06. The highest BCUT2D eigenvalue weighted by molar-refractivity contribution is 7.94. The minimum atomic E-state index is -3.67. The standard InChI is InChI=1S/C21H25N3O3S3/c1-14-12-24(13-15(2)22-14)17-11-16(6-7-18(17)27-3)23-30(25,26)21-9-8-20(29-21)19-5-4-10-28-19/h4-11,14-15,22-23H,12-13H2,1-3H3/t14-,15+. The van der Waals surface area contributed by atoms with Crippen LogP contribution in [0.15, 0.2) is 52.1 Å². The largest absolute Gasteiger partial charge is 0.495 e. The number of thiophene rings is 2. The van der Waals surface area contributed by atoms with Crippen molar-refractivity contribution in [2.45, 2.75) is 30.1 Å². The number of nitrogens with zero attached hydrogens (tertiary/aromatic N) is 1. The lowest BCUT2D eigenvalue weighted by atomic mass is 10.1. The number of benzene rings is 1. The molecule has 0 radical (unpaired) electrons. The van der Waals surface area contributed by atoms with E-state index in [4.69, 9.17) is 4.74 Å². The van der Waals surface area contributed by atoms with Gasteiger partial charge in [-0.3, -0.25) is 4.72 Å². The Hall–Kier alpha value is -2.07. The van der Waals surface area contributed by atoms with Crippen molar-refractivity contribution in [3.8, 4) is 15.5 Å². The molecule has 2 N–H and O–H groups in total. The highest BCUT2D eigenvalue weighted by Gasteiger charge is 2.24. The molecule has 1 aliphatic rings. The first-order valence-corrected chi connectivity index (χ1v) is 12.9. The van der Waals surface area contributed by atoms with Gasteiger partial charge in [-0.15, -0.1) is 22.7 Å². The second-order valence-electron chi connectivity index (χ2n) is 7.46. The molecular formula is C21H25N3O3S3. The summed E-state index contributed by atoms with van der Waals surface area (Å²) in [4.78, 5) is 4.25. The van der Waals surface area contributed by atoms with Gasteiger partial charge >= 0.3 is 0 Å². The number of ether oxygens (including phenoxy) is 1. The fourth-order valence-corrected chi connectivity index (χ4v) is 6.94. The van der Waals surface area contributed by atoms with Crippen LogP contribution in [0.1, 0.15) is 13.8 Å². The number of sulfonamides is 1. The van der Waals surface area contributed by atoms with Gasteiger partial charge in [0.15, 0.2) is 0 Å². The van der Waals surface area contributed by atoms with Crippen LogP contribution in [0.3, 0.4) is 0 Å². The lowest BCUT2D eigenvalue weighted by Gasteiger charge is -2.38. The maximum absolute atomic E-state index is 13.0.